The standard InChI is InChI=1S/C15H15BrF3N3O2S/c1-14(2,3)24-13(23)22(8-10-7-21-12(16)25-10)9-4-5-20-11(6-9)15(17,18)19/h4-7H,8H2,1-3H3. The van der Waals surface area contributed by atoms with Crippen molar-refractivity contribution in [1.82, 2.24) is 9.97 Å². The molecule has 0 aliphatic carbocycles. The molecule has 2 aromatic rings. The summed E-state index contributed by atoms with van der Waals surface area (Å²) in [5.41, 5.74) is -1.83. The highest BCUT2D eigenvalue weighted by atomic mass is 79.9. The van der Waals surface area contributed by atoms with Crippen LogP contribution in [0.5, 0.6) is 0 Å². The molecule has 0 atom stereocenters. The van der Waals surface area contributed by atoms with E-state index < -0.39 is 23.6 Å². The fraction of sp³-hybridized carbons (Fsp3) is 0.400. The maximum atomic E-state index is 12.9. The summed E-state index contributed by atoms with van der Waals surface area (Å²) in [7, 11) is 0. The predicted molar refractivity (Wildman–Crippen MR) is 91.5 cm³/mol. The van der Waals surface area contributed by atoms with E-state index in [1.807, 2.05) is 0 Å². The summed E-state index contributed by atoms with van der Waals surface area (Å²) in [5.74, 6) is 0. The first kappa shape index (κ1) is 19.6. The van der Waals surface area contributed by atoms with Gasteiger partial charge in [0.05, 0.1) is 12.2 Å². The van der Waals surface area contributed by atoms with E-state index >= 15 is 0 Å². The molecule has 0 saturated heterocycles. The van der Waals surface area contributed by atoms with E-state index in [1.165, 1.54) is 23.6 Å². The highest BCUT2D eigenvalue weighted by Crippen LogP contribution is 2.31. The molecule has 2 aromatic heterocycles. The Morgan fingerprint density at radius 2 is 2.00 bits per heavy atom. The van der Waals surface area contributed by atoms with Crippen LogP contribution in [0, 0.1) is 0 Å². The van der Waals surface area contributed by atoms with Gasteiger partial charge in [-0.15, -0.1) is 11.3 Å². The van der Waals surface area contributed by atoms with Crippen LogP contribution in [0.3, 0.4) is 0 Å². The third kappa shape index (κ3) is 5.67. The van der Waals surface area contributed by atoms with Crippen molar-refractivity contribution in [3.05, 3.63) is 39.0 Å². The van der Waals surface area contributed by atoms with Gasteiger partial charge in [0, 0.05) is 17.3 Å². The summed E-state index contributed by atoms with van der Waals surface area (Å²) >= 11 is 4.49. The molecule has 0 radical (unpaired) electrons. The van der Waals surface area contributed by atoms with Crippen LogP contribution in [0.25, 0.3) is 0 Å². The van der Waals surface area contributed by atoms with Crippen LogP contribution < -0.4 is 4.90 Å². The first-order valence-corrected chi connectivity index (χ1v) is 8.70. The molecule has 0 bridgehead atoms. The number of nitrogens with zero attached hydrogens (tertiary/aromatic N) is 3. The molecule has 10 heteroatoms. The lowest BCUT2D eigenvalue weighted by atomic mass is 10.2. The Kier molecular flexibility index (Phi) is 5.72. The first-order valence-electron chi connectivity index (χ1n) is 7.10. The van der Waals surface area contributed by atoms with Crippen molar-refractivity contribution in [1.29, 1.82) is 0 Å². The number of hydrogen-bond acceptors (Lipinski definition) is 5. The van der Waals surface area contributed by atoms with Crippen molar-refractivity contribution >= 4 is 39.0 Å². The lowest BCUT2D eigenvalue weighted by molar-refractivity contribution is -0.141. The molecule has 0 saturated carbocycles. The second-order valence-electron chi connectivity index (χ2n) is 6.04. The van der Waals surface area contributed by atoms with E-state index in [2.05, 4.69) is 25.9 Å². The Balaban J connectivity index is 2.38. The first-order chi connectivity index (χ1) is 11.5. The molecule has 2 rings (SSSR count). The maximum Gasteiger partial charge on any atom is 0.433 e. The van der Waals surface area contributed by atoms with E-state index in [1.54, 1.807) is 20.8 Å². The number of amides is 1. The monoisotopic (exact) mass is 437 g/mol. The van der Waals surface area contributed by atoms with Crippen LogP contribution >= 0.6 is 27.3 Å². The second kappa shape index (κ2) is 7.28. The molecule has 25 heavy (non-hydrogen) atoms. The van der Waals surface area contributed by atoms with Crippen LogP contribution in [0.1, 0.15) is 31.3 Å². The summed E-state index contributed by atoms with van der Waals surface area (Å²) in [5, 5.41) is 0. The fourth-order valence-electron chi connectivity index (χ4n) is 1.83. The number of pyridine rings is 1. The highest BCUT2D eigenvalue weighted by molar-refractivity contribution is 9.11. The summed E-state index contributed by atoms with van der Waals surface area (Å²) < 4.78 is 44.7. The zero-order chi connectivity index (χ0) is 18.8. The van der Waals surface area contributed by atoms with E-state index in [4.69, 9.17) is 4.74 Å². The number of hydrogen-bond donors (Lipinski definition) is 0. The molecule has 0 spiro atoms. The van der Waals surface area contributed by atoms with Crippen molar-refractivity contribution in [2.45, 2.75) is 39.1 Å². The topological polar surface area (TPSA) is 55.3 Å². The molecule has 0 N–H and O–H groups in total. The van der Waals surface area contributed by atoms with Gasteiger partial charge in [-0.3, -0.25) is 9.88 Å². The summed E-state index contributed by atoms with van der Waals surface area (Å²) in [6.07, 6.45) is -2.81. The van der Waals surface area contributed by atoms with Crippen molar-refractivity contribution in [2.75, 3.05) is 4.90 Å². The van der Waals surface area contributed by atoms with Crippen molar-refractivity contribution in [3.63, 3.8) is 0 Å². The Labute approximate surface area is 155 Å². The number of rotatable bonds is 3. The number of thiazole rings is 1. The summed E-state index contributed by atoms with van der Waals surface area (Å²) in [6.45, 7) is 5.07. The van der Waals surface area contributed by atoms with Crippen LogP contribution in [-0.4, -0.2) is 21.7 Å². The number of halogens is 4. The van der Waals surface area contributed by atoms with Gasteiger partial charge in [0.1, 0.15) is 11.3 Å². The van der Waals surface area contributed by atoms with Gasteiger partial charge in [-0.2, -0.15) is 13.2 Å². The molecule has 0 aliphatic rings. The fourth-order valence-corrected chi connectivity index (χ4v) is 3.18. The van der Waals surface area contributed by atoms with E-state index in [0.29, 0.717) is 8.79 Å². The van der Waals surface area contributed by atoms with Gasteiger partial charge in [-0.1, -0.05) is 0 Å². The van der Waals surface area contributed by atoms with Gasteiger partial charge >= 0.3 is 12.3 Å². The number of ether oxygens (including phenoxy) is 1. The number of carbonyl (C=O) groups is 1. The molecular formula is C15H15BrF3N3O2S. The molecule has 0 aliphatic heterocycles. The Morgan fingerprint density at radius 3 is 2.52 bits per heavy atom. The van der Waals surface area contributed by atoms with Crippen LogP contribution in [-0.2, 0) is 17.5 Å². The molecular weight excluding hydrogens is 423 g/mol. The molecule has 0 unspecified atom stereocenters. The van der Waals surface area contributed by atoms with E-state index in [0.717, 1.165) is 17.2 Å². The molecule has 1 amide bonds. The minimum absolute atomic E-state index is 0.0273. The summed E-state index contributed by atoms with van der Waals surface area (Å²) in [4.78, 5) is 21.7. The van der Waals surface area contributed by atoms with Gasteiger partial charge in [0.2, 0.25) is 0 Å². The van der Waals surface area contributed by atoms with Crippen molar-refractivity contribution in [2.24, 2.45) is 0 Å². The molecule has 0 fully saturated rings. The Hall–Kier alpha value is -1.68. The highest BCUT2D eigenvalue weighted by Gasteiger charge is 2.34. The van der Waals surface area contributed by atoms with Crippen molar-refractivity contribution in [3.8, 4) is 0 Å². The van der Waals surface area contributed by atoms with Crippen LogP contribution in [0.2, 0.25) is 0 Å². The van der Waals surface area contributed by atoms with Gasteiger partial charge in [-0.05, 0) is 48.8 Å². The zero-order valence-corrected chi connectivity index (χ0v) is 16.0. The quantitative estimate of drug-likeness (QED) is 0.656. The number of carbonyl (C=O) groups excluding carboxylic acids is 1. The Morgan fingerprint density at radius 1 is 1.32 bits per heavy atom. The third-order valence-corrected chi connectivity index (χ3v) is 4.26. The zero-order valence-electron chi connectivity index (χ0n) is 13.6. The van der Waals surface area contributed by atoms with Crippen LogP contribution in [0.4, 0.5) is 23.7 Å². The molecule has 5 nitrogen and oxygen atoms in total. The van der Waals surface area contributed by atoms with Gasteiger partial charge in [0.15, 0.2) is 3.92 Å². The number of alkyl halides is 3. The average Bonchev–Trinajstić information content (AvgIpc) is 2.87. The number of anilines is 1. The normalized spacial score (nSPS) is 12.1. The maximum absolute atomic E-state index is 12.9. The predicted octanol–water partition coefficient (Wildman–Crippen LogP) is 5.26. The molecule has 136 valence electrons. The summed E-state index contributed by atoms with van der Waals surface area (Å²) in [6, 6.07) is 2.15. The smallest absolute Gasteiger partial charge is 0.433 e. The average molecular weight is 438 g/mol. The Bertz CT molecular complexity index is 759. The second-order valence-corrected chi connectivity index (χ2v) is 8.43. The van der Waals surface area contributed by atoms with Crippen molar-refractivity contribution < 1.29 is 22.7 Å². The molecule has 0 aromatic carbocycles. The lowest BCUT2D eigenvalue weighted by Crippen LogP contribution is -2.36. The molecule has 2 heterocycles. The van der Waals surface area contributed by atoms with Gasteiger partial charge in [-0.25, -0.2) is 9.78 Å². The minimum atomic E-state index is -4.61. The van der Waals surface area contributed by atoms with Gasteiger partial charge < -0.3 is 4.74 Å². The lowest BCUT2D eigenvalue weighted by Gasteiger charge is -2.27. The minimum Gasteiger partial charge on any atom is -0.443 e. The third-order valence-electron chi connectivity index (χ3n) is 2.80. The van der Waals surface area contributed by atoms with E-state index in [-0.39, 0.29) is 12.2 Å². The SMILES string of the molecule is CC(C)(C)OC(=O)N(Cc1cnc(Br)s1)c1ccnc(C(F)(F)F)c1. The van der Waals surface area contributed by atoms with Crippen LogP contribution in [0.15, 0.2) is 28.4 Å². The van der Waals surface area contributed by atoms with Gasteiger partial charge in [0.25, 0.3) is 0 Å². The van der Waals surface area contributed by atoms with E-state index in [9.17, 15) is 18.0 Å². The largest absolute Gasteiger partial charge is 0.443 e. The number of aromatic nitrogens is 2.